The molecule has 0 aliphatic rings. The molecule has 0 radical (unpaired) electrons. The van der Waals surface area contributed by atoms with Gasteiger partial charge >= 0.3 is 0 Å². The minimum Gasteiger partial charge on any atom is -0.264 e. The van der Waals surface area contributed by atoms with Crippen molar-refractivity contribution in [2.45, 2.75) is 39.0 Å². The molecule has 1 aromatic heterocycles. The van der Waals surface area contributed by atoms with E-state index in [0.29, 0.717) is 11.8 Å². The number of pyridine rings is 1. The van der Waals surface area contributed by atoms with Crippen LogP contribution < -0.4 is 0 Å². The molecule has 1 nitrogen and oxygen atoms in total. The van der Waals surface area contributed by atoms with E-state index in [-0.39, 0.29) is 5.38 Å². The van der Waals surface area contributed by atoms with Gasteiger partial charge < -0.3 is 0 Å². The van der Waals surface area contributed by atoms with E-state index >= 15 is 0 Å². The Labute approximate surface area is 91.5 Å². The van der Waals surface area contributed by atoms with Gasteiger partial charge in [-0.2, -0.15) is 0 Å². The zero-order valence-corrected chi connectivity index (χ0v) is 10.0. The predicted molar refractivity (Wildman–Crippen MR) is 61.9 cm³/mol. The maximum Gasteiger partial charge on any atom is 0.0379 e. The van der Waals surface area contributed by atoms with Crippen molar-refractivity contribution in [3.63, 3.8) is 0 Å². The standard InChI is InChI=1S/C12H18ClN/c1-8(2)12(10(4)13)11-5-6-14-7-9(11)3/h5-8,10,12H,1-4H3. The molecule has 2 atom stereocenters. The van der Waals surface area contributed by atoms with E-state index in [4.69, 9.17) is 11.6 Å². The van der Waals surface area contributed by atoms with E-state index in [0.717, 1.165) is 0 Å². The van der Waals surface area contributed by atoms with Crippen molar-refractivity contribution >= 4 is 11.6 Å². The molecule has 1 aromatic rings. The summed E-state index contributed by atoms with van der Waals surface area (Å²) in [5.74, 6) is 0.975. The lowest BCUT2D eigenvalue weighted by atomic mass is 9.84. The molecule has 0 aliphatic carbocycles. The molecule has 1 rings (SSSR count). The SMILES string of the molecule is Cc1cnccc1C(C(C)C)C(C)Cl. The number of aryl methyl sites for hydroxylation is 1. The van der Waals surface area contributed by atoms with Crippen LogP contribution in [0.1, 0.15) is 37.8 Å². The van der Waals surface area contributed by atoms with Crippen molar-refractivity contribution in [3.05, 3.63) is 29.6 Å². The van der Waals surface area contributed by atoms with E-state index in [2.05, 4.69) is 38.7 Å². The molecule has 0 bridgehead atoms. The molecule has 0 spiro atoms. The van der Waals surface area contributed by atoms with Crippen LogP contribution in [-0.2, 0) is 0 Å². The van der Waals surface area contributed by atoms with Gasteiger partial charge in [-0.15, -0.1) is 11.6 Å². The molecule has 2 heteroatoms. The third-order valence-corrected chi connectivity index (χ3v) is 2.91. The molecule has 0 saturated heterocycles. The largest absolute Gasteiger partial charge is 0.264 e. The van der Waals surface area contributed by atoms with Crippen molar-refractivity contribution in [2.24, 2.45) is 5.92 Å². The van der Waals surface area contributed by atoms with Gasteiger partial charge in [0, 0.05) is 23.7 Å². The summed E-state index contributed by atoms with van der Waals surface area (Å²) in [6.07, 6.45) is 3.75. The summed E-state index contributed by atoms with van der Waals surface area (Å²) in [5, 5.41) is 0.163. The third-order valence-electron chi connectivity index (χ3n) is 2.64. The first kappa shape index (κ1) is 11.5. The number of halogens is 1. The fourth-order valence-corrected chi connectivity index (χ4v) is 2.42. The van der Waals surface area contributed by atoms with Gasteiger partial charge in [-0.3, -0.25) is 4.98 Å². The van der Waals surface area contributed by atoms with Gasteiger partial charge in [0.25, 0.3) is 0 Å². The molecule has 1 heterocycles. The number of rotatable bonds is 3. The summed E-state index contributed by atoms with van der Waals surface area (Å²) in [7, 11) is 0. The first-order chi connectivity index (χ1) is 6.54. The van der Waals surface area contributed by atoms with Crippen molar-refractivity contribution in [1.29, 1.82) is 0 Å². The number of aromatic nitrogens is 1. The maximum atomic E-state index is 6.22. The molecular formula is C12H18ClN. The predicted octanol–water partition coefficient (Wildman–Crippen LogP) is 3.76. The molecule has 0 N–H and O–H groups in total. The highest BCUT2D eigenvalue weighted by atomic mass is 35.5. The lowest BCUT2D eigenvalue weighted by Gasteiger charge is -2.25. The van der Waals surface area contributed by atoms with Crippen LogP contribution in [0.2, 0.25) is 0 Å². The first-order valence-electron chi connectivity index (χ1n) is 5.08. The molecule has 14 heavy (non-hydrogen) atoms. The van der Waals surface area contributed by atoms with Crippen LogP contribution in [-0.4, -0.2) is 10.4 Å². The molecular weight excluding hydrogens is 194 g/mol. The van der Waals surface area contributed by atoms with E-state index < -0.39 is 0 Å². The Morgan fingerprint density at radius 1 is 1.29 bits per heavy atom. The van der Waals surface area contributed by atoms with Crippen LogP contribution >= 0.6 is 11.6 Å². The van der Waals surface area contributed by atoms with Gasteiger partial charge in [-0.05, 0) is 37.0 Å². The Morgan fingerprint density at radius 3 is 2.36 bits per heavy atom. The zero-order chi connectivity index (χ0) is 10.7. The van der Waals surface area contributed by atoms with Crippen LogP contribution in [0.3, 0.4) is 0 Å². The summed E-state index contributed by atoms with van der Waals surface area (Å²) in [5.41, 5.74) is 2.57. The fourth-order valence-electron chi connectivity index (χ4n) is 2.00. The van der Waals surface area contributed by atoms with Crippen molar-refractivity contribution < 1.29 is 0 Å². The zero-order valence-electron chi connectivity index (χ0n) is 9.29. The van der Waals surface area contributed by atoms with Crippen LogP contribution in [0.4, 0.5) is 0 Å². The average molecular weight is 212 g/mol. The average Bonchev–Trinajstić information content (AvgIpc) is 2.07. The smallest absolute Gasteiger partial charge is 0.0379 e. The Bertz CT molecular complexity index is 286. The van der Waals surface area contributed by atoms with Gasteiger partial charge in [0.2, 0.25) is 0 Å². The minimum absolute atomic E-state index is 0.163. The third kappa shape index (κ3) is 2.48. The van der Waals surface area contributed by atoms with Gasteiger partial charge in [-0.1, -0.05) is 13.8 Å². The van der Waals surface area contributed by atoms with Crippen LogP contribution in [0.15, 0.2) is 18.5 Å². The second-order valence-corrected chi connectivity index (χ2v) is 4.87. The summed E-state index contributed by atoms with van der Waals surface area (Å²) in [4.78, 5) is 4.10. The van der Waals surface area contributed by atoms with Crippen molar-refractivity contribution in [1.82, 2.24) is 4.98 Å². The Balaban J connectivity index is 3.05. The summed E-state index contributed by atoms with van der Waals surface area (Å²) < 4.78 is 0. The van der Waals surface area contributed by atoms with Crippen molar-refractivity contribution in [3.8, 4) is 0 Å². The molecule has 0 amide bonds. The lowest BCUT2D eigenvalue weighted by molar-refractivity contribution is 0.488. The molecule has 2 unspecified atom stereocenters. The number of hydrogen-bond donors (Lipinski definition) is 0. The minimum atomic E-state index is 0.163. The summed E-state index contributed by atoms with van der Waals surface area (Å²) >= 11 is 6.22. The number of hydrogen-bond acceptors (Lipinski definition) is 1. The maximum absolute atomic E-state index is 6.22. The normalized spacial score (nSPS) is 15.6. The van der Waals surface area contributed by atoms with Gasteiger partial charge in [0.15, 0.2) is 0 Å². The Hall–Kier alpha value is -0.560. The van der Waals surface area contributed by atoms with Gasteiger partial charge in [0.05, 0.1) is 0 Å². The fraction of sp³-hybridized carbons (Fsp3) is 0.583. The highest BCUT2D eigenvalue weighted by molar-refractivity contribution is 6.20. The highest BCUT2D eigenvalue weighted by Gasteiger charge is 2.22. The molecule has 78 valence electrons. The second-order valence-electron chi connectivity index (χ2n) is 4.18. The van der Waals surface area contributed by atoms with Gasteiger partial charge in [-0.25, -0.2) is 0 Å². The van der Waals surface area contributed by atoms with E-state index in [9.17, 15) is 0 Å². The van der Waals surface area contributed by atoms with Crippen LogP contribution in [0.5, 0.6) is 0 Å². The van der Waals surface area contributed by atoms with Crippen molar-refractivity contribution in [2.75, 3.05) is 0 Å². The van der Waals surface area contributed by atoms with Crippen LogP contribution in [0, 0.1) is 12.8 Å². The monoisotopic (exact) mass is 211 g/mol. The number of alkyl halides is 1. The molecule has 0 aromatic carbocycles. The van der Waals surface area contributed by atoms with Crippen LogP contribution in [0.25, 0.3) is 0 Å². The topological polar surface area (TPSA) is 12.9 Å². The molecule has 0 saturated carbocycles. The Morgan fingerprint density at radius 2 is 1.93 bits per heavy atom. The summed E-state index contributed by atoms with van der Waals surface area (Å²) in [6, 6.07) is 2.08. The summed E-state index contributed by atoms with van der Waals surface area (Å²) in [6.45, 7) is 8.58. The van der Waals surface area contributed by atoms with E-state index in [1.54, 1.807) is 0 Å². The molecule has 0 fully saturated rings. The van der Waals surface area contributed by atoms with Gasteiger partial charge in [0.1, 0.15) is 0 Å². The molecule has 0 aliphatic heterocycles. The first-order valence-corrected chi connectivity index (χ1v) is 5.52. The van der Waals surface area contributed by atoms with E-state index in [1.165, 1.54) is 11.1 Å². The lowest BCUT2D eigenvalue weighted by Crippen LogP contribution is -2.17. The highest BCUT2D eigenvalue weighted by Crippen LogP contribution is 2.32. The van der Waals surface area contributed by atoms with E-state index in [1.807, 2.05) is 12.4 Å². The Kier molecular flexibility index (Phi) is 3.94. The second kappa shape index (κ2) is 4.79. The quantitative estimate of drug-likeness (QED) is 0.694. The number of nitrogens with zero attached hydrogens (tertiary/aromatic N) is 1.